The Morgan fingerprint density at radius 2 is 1.72 bits per heavy atom. The number of hydrogen-bond donors (Lipinski definition) is 1. The molecule has 4 aromatic rings. The number of anilines is 1. The minimum absolute atomic E-state index is 0.218. The van der Waals surface area contributed by atoms with Crippen LogP contribution < -0.4 is 10.2 Å². The number of piperazine rings is 1. The summed E-state index contributed by atoms with van der Waals surface area (Å²) in [6, 6.07) is 23.9. The summed E-state index contributed by atoms with van der Waals surface area (Å²) in [6.45, 7) is 6.86. The van der Waals surface area contributed by atoms with Crippen molar-refractivity contribution in [2.45, 2.75) is 20.0 Å². The average molecular weight is 485 g/mol. The van der Waals surface area contributed by atoms with Crippen LogP contribution >= 0.6 is 0 Å². The number of halogens is 1. The number of nitrogens with zero attached hydrogens (tertiary/aromatic N) is 3. The number of aryl methyl sites for hydroxylation is 1. The van der Waals surface area contributed by atoms with Crippen LogP contribution in [0.5, 0.6) is 0 Å². The van der Waals surface area contributed by atoms with Gasteiger partial charge >= 0.3 is 0 Å². The van der Waals surface area contributed by atoms with Gasteiger partial charge in [-0.2, -0.15) is 0 Å². The number of oxazole rings is 1. The maximum atomic E-state index is 13.3. The highest BCUT2D eigenvalue weighted by Gasteiger charge is 2.20. The number of rotatable bonds is 7. The molecule has 184 valence electrons. The molecule has 1 aromatic heterocycles. The van der Waals surface area contributed by atoms with Crippen molar-refractivity contribution in [2.24, 2.45) is 0 Å². The predicted octanol–water partition coefficient (Wildman–Crippen LogP) is 5.04. The molecule has 0 saturated carbocycles. The monoisotopic (exact) mass is 484 g/mol. The number of para-hydroxylation sites is 1. The summed E-state index contributed by atoms with van der Waals surface area (Å²) in [6.07, 6.45) is 0. The normalized spacial score (nSPS) is 14.1. The molecule has 0 atom stereocenters. The van der Waals surface area contributed by atoms with E-state index in [1.54, 1.807) is 24.3 Å². The minimum atomic E-state index is -0.318. The van der Waals surface area contributed by atoms with Gasteiger partial charge in [0.1, 0.15) is 11.6 Å². The largest absolute Gasteiger partial charge is 0.441 e. The van der Waals surface area contributed by atoms with Crippen LogP contribution in [0.3, 0.4) is 0 Å². The Hall–Kier alpha value is -3.97. The molecule has 5 rings (SSSR count). The van der Waals surface area contributed by atoms with E-state index in [0.29, 0.717) is 17.0 Å². The van der Waals surface area contributed by atoms with Crippen molar-refractivity contribution in [1.82, 2.24) is 15.2 Å². The molecule has 1 fully saturated rings. The van der Waals surface area contributed by atoms with Crippen molar-refractivity contribution in [1.29, 1.82) is 0 Å². The van der Waals surface area contributed by atoms with Crippen molar-refractivity contribution >= 4 is 11.6 Å². The highest BCUT2D eigenvalue weighted by Crippen LogP contribution is 2.24. The Kier molecular flexibility index (Phi) is 7.09. The SMILES string of the molecule is Cc1oc(-c2ccc(C(=O)NCc3cccc(F)c3)cc2)nc1CN1CCN(c2ccccc2)CC1. The van der Waals surface area contributed by atoms with Crippen LogP contribution in [0.2, 0.25) is 0 Å². The third-order valence-electron chi connectivity index (χ3n) is 6.50. The molecule has 0 spiro atoms. The summed E-state index contributed by atoms with van der Waals surface area (Å²) in [7, 11) is 0. The lowest BCUT2D eigenvalue weighted by atomic mass is 10.1. The molecular formula is C29H29FN4O2. The average Bonchev–Trinajstić information content (AvgIpc) is 3.28. The summed E-state index contributed by atoms with van der Waals surface area (Å²) in [5.41, 5.74) is 4.26. The van der Waals surface area contributed by atoms with Crippen molar-refractivity contribution in [3.8, 4) is 11.5 Å². The Bertz CT molecular complexity index is 1310. The molecule has 0 unspecified atom stereocenters. The number of nitrogens with one attached hydrogen (secondary N) is 1. The van der Waals surface area contributed by atoms with Gasteiger partial charge in [-0.15, -0.1) is 0 Å². The fourth-order valence-electron chi connectivity index (χ4n) is 4.41. The number of hydrogen-bond acceptors (Lipinski definition) is 5. The lowest BCUT2D eigenvalue weighted by Gasteiger charge is -2.35. The highest BCUT2D eigenvalue weighted by molar-refractivity contribution is 5.94. The first-order chi connectivity index (χ1) is 17.5. The molecule has 2 heterocycles. The first kappa shape index (κ1) is 23.8. The Morgan fingerprint density at radius 3 is 2.44 bits per heavy atom. The molecule has 1 amide bonds. The minimum Gasteiger partial charge on any atom is -0.441 e. The predicted molar refractivity (Wildman–Crippen MR) is 138 cm³/mol. The molecule has 3 aromatic carbocycles. The van der Waals surface area contributed by atoms with E-state index in [-0.39, 0.29) is 18.3 Å². The zero-order valence-corrected chi connectivity index (χ0v) is 20.3. The standard InChI is InChI=1S/C29H29FN4O2/c1-21-27(20-33-14-16-34(17-15-33)26-8-3-2-4-9-26)32-29(36-21)24-12-10-23(11-13-24)28(35)31-19-22-6-5-7-25(30)18-22/h2-13,18H,14-17,19-20H2,1H3,(H,31,35). The van der Waals surface area contributed by atoms with E-state index < -0.39 is 0 Å². The first-order valence-corrected chi connectivity index (χ1v) is 12.2. The second-order valence-corrected chi connectivity index (χ2v) is 9.01. The maximum Gasteiger partial charge on any atom is 0.251 e. The van der Waals surface area contributed by atoms with E-state index in [1.165, 1.54) is 17.8 Å². The van der Waals surface area contributed by atoms with Gasteiger partial charge in [0.25, 0.3) is 5.91 Å². The zero-order chi connectivity index (χ0) is 24.9. The van der Waals surface area contributed by atoms with E-state index in [4.69, 9.17) is 9.40 Å². The van der Waals surface area contributed by atoms with Gasteiger partial charge in [-0.3, -0.25) is 9.69 Å². The quantitative estimate of drug-likeness (QED) is 0.398. The molecule has 1 saturated heterocycles. The van der Waals surface area contributed by atoms with E-state index in [2.05, 4.69) is 39.4 Å². The Morgan fingerprint density at radius 1 is 0.972 bits per heavy atom. The van der Waals surface area contributed by atoms with Crippen LogP contribution in [0.25, 0.3) is 11.5 Å². The number of carbonyl (C=O) groups is 1. The van der Waals surface area contributed by atoms with Crippen molar-refractivity contribution in [2.75, 3.05) is 31.1 Å². The zero-order valence-electron chi connectivity index (χ0n) is 20.3. The van der Waals surface area contributed by atoms with E-state index in [0.717, 1.165) is 49.7 Å². The summed E-state index contributed by atoms with van der Waals surface area (Å²) < 4.78 is 19.3. The van der Waals surface area contributed by atoms with Crippen LogP contribution in [0, 0.1) is 12.7 Å². The van der Waals surface area contributed by atoms with Gasteiger partial charge < -0.3 is 14.6 Å². The topological polar surface area (TPSA) is 61.6 Å². The number of amides is 1. The van der Waals surface area contributed by atoms with Gasteiger partial charge in [0, 0.05) is 56.1 Å². The molecular weight excluding hydrogens is 455 g/mol. The van der Waals surface area contributed by atoms with E-state index >= 15 is 0 Å². The lowest BCUT2D eigenvalue weighted by molar-refractivity contribution is 0.0951. The number of carbonyl (C=O) groups excluding carboxylic acids is 1. The van der Waals surface area contributed by atoms with Gasteiger partial charge in [-0.1, -0.05) is 30.3 Å². The highest BCUT2D eigenvalue weighted by atomic mass is 19.1. The lowest BCUT2D eigenvalue weighted by Crippen LogP contribution is -2.46. The second-order valence-electron chi connectivity index (χ2n) is 9.01. The third-order valence-corrected chi connectivity index (χ3v) is 6.50. The van der Waals surface area contributed by atoms with Crippen molar-refractivity contribution in [3.63, 3.8) is 0 Å². The molecule has 1 aliphatic heterocycles. The molecule has 1 aliphatic rings. The molecule has 0 radical (unpaired) electrons. The molecule has 0 bridgehead atoms. The van der Waals surface area contributed by atoms with Crippen LogP contribution in [-0.2, 0) is 13.1 Å². The van der Waals surface area contributed by atoms with Gasteiger partial charge in [-0.25, -0.2) is 9.37 Å². The second kappa shape index (κ2) is 10.7. The summed E-state index contributed by atoms with van der Waals surface area (Å²) in [5, 5.41) is 2.82. The fourth-order valence-corrected chi connectivity index (χ4v) is 4.41. The van der Waals surface area contributed by atoms with Gasteiger partial charge in [-0.05, 0) is 61.0 Å². The van der Waals surface area contributed by atoms with Gasteiger partial charge in [0.15, 0.2) is 0 Å². The fraction of sp³-hybridized carbons (Fsp3) is 0.241. The van der Waals surface area contributed by atoms with Crippen LogP contribution in [0.1, 0.15) is 27.4 Å². The van der Waals surface area contributed by atoms with E-state index in [1.807, 2.05) is 25.1 Å². The summed E-state index contributed by atoms with van der Waals surface area (Å²) in [4.78, 5) is 22.1. The van der Waals surface area contributed by atoms with Crippen molar-refractivity contribution < 1.29 is 13.6 Å². The molecule has 0 aliphatic carbocycles. The molecule has 7 heteroatoms. The smallest absolute Gasteiger partial charge is 0.251 e. The summed E-state index contributed by atoms with van der Waals surface area (Å²) in [5.74, 6) is 0.829. The Labute approximate surface area is 210 Å². The Balaban J connectivity index is 1.17. The van der Waals surface area contributed by atoms with Crippen LogP contribution in [-0.4, -0.2) is 42.0 Å². The molecule has 36 heavy (non-hydrogen) atoms. The van der Waals surface area contributed by atoms with E-state index in [9.17, 15) is 9.18 Å². The van der Waals surface area contributed by atoms with Crippen LogP contribution in [0.4, 0.5) is 10.1 Å². The van der Waals surface area contributed by atoms with Gasteiger partial charge in [0.05, 0.1) is 5.69 Å². The summed E-state index contributed by atoms with van der Waals surface area (Å²) >= 11 is 0. The molecule has 1 N–H and O–H groups in total. The third kappa shape index (κ3) is 5.63. The molecule has 6 nitrogen and oxygen atoms in total. The van der Waals surface area contributed by atoms with Crippen molar-refractivity contribution in [3.05, 3.63) is 107 Å². The maximum absolute atomic E-state index is 13.3. The first-order valence-electron chi connectivity index (χ1n) is 12.2. The van der Waals surface area contributed by atoms with Crippen LogP contribution in [0.15, 0.2) is 83.3 Å². The number of aromatic nitrogens is 1. The number of benzene rings is 3. The van der Waals surface area contributed by atoms with Gasteiger partial charge in [0.2, 0.25) is 5.89 Å².